The molecule has 2 heterocycles. The van der Waals surface area contributed by atoms with Gasteiger partial charge in [-0.3, -0.25) is 4.79 Å². The van der Waals surface area contributed by atoms with Crippen LogP contribution in [0, 0.1) is 0 Å². The van der Waals surface area contributed by atoms with Crippen LogP contribution in [0.1, 0.15) is 23.7 Å². The van der Waals surface area contributed by atoms with E-state index in [1.165, 1.54) is 0 Å². The Morgan fingerprint density at radius 1 is 1.05 bits per heavy atom. The summed E-state index contributed by atoms with van der Waals surface area (Å²) in [6.45, 7) is 2.12. The van der Waals surface area contributed by atoms with Gasteiger partial charge in [-0.1, -0.05) is 43.3 Å². The number of para-hydroxylation sites is 2. The summed E-state index contributed by atoms with van der Waals surface area (Å²) in [4.78, 5) is 15.8. The topological polar surface area (TPSA) is 44.9 Å². The third-order valence-corrected chi connectivity index (χ3v) is 4.18. The van der Waals surface area contributed by atoms with Crippen LogP contribution in [0.15, 0.2) is 48.5 Å². The van der Waals surface area contributed by atoms with Crippen molar-refractivity contribution in [1.29, 1.82) is 0 Å². The highest BCUT2D eigenvalue weighted by Gasteiger charge is 2.24. The van der Waals surface area contributed by atoms with Crippen LogP contribution in [0.2, 0.25) is 0 Å². The predicted octanol–water partition coefficient (Wildman–Crippen LogP) is 4.22. The number of fused-ring (bicyclic) bond motifs is 2. The van der Waals surface area contributed by atoms with Crippen molar-refractivity contribution in [3.8, 4) is 0 Å². The highest BCUT2D eigenvalue weighted by molar-refractivity contribution is 6.35. The predicted molar refractivity (Wildman–Crippen MR) is 90.6 cm³/mol. The molecule has 0 saturated heterocycles. The molecule has 0 unspecified atom stereocenters. The zero-order valence-corrected chi connectivity index (χ0v) is 12.3. The van der Waals surface area contributed by atoms with Crippen LogP contribution in [0.25, 0.3) is 22.6 Å². The van der Waals surface area contributed by atoms with Gasteiger partial charge in [0.2, 0.25) is 0 Å². The summed E-state index contributed by atoms with van der Waals surface area (Å²) in [7, 11) is 0. The number of nitrogens with one attached hydrogen (secondary N) is 2. The SMILES string of the molecule is CCc1[nH]c2ccccc2c1/C=C1/C(=O)Nc2ccccc21. The van der Waals surface area contributed by atoms with E-state index in [2.05, 4.69) is 29.4 Å². The summed E-state index contributed by atoms with van der Waals surface area (Å²) in [5.74, 6) is -0.0338. The molecule has 1 aliphatic heterocycles. The molecule has 0 spiro atoms. The fraction of sp³-hybridized carbons (Fsp3) is 0.105. The van der Waals surface area contributed by atoms with Gasteiger partial charge in [0.05, 0.1) is 0 Å². The summed E-state index contributed by atoms with van der Waals surface area (Å²) >= 11 is 0. The Kier molecular flexibility index (Phi) is 2.86. The second-order valence-corrected chi connectivity index (χ2v) is 5.47. The fourth-order valence-electron chi connectivity index (χ4n) is 3.09. The molecule has 0 aliphatic carbocycles. The van der Waals surface area contributed by atoms with Crippen molar-refractivity contribution in [1.82, 2.24) is 4.98 Å². The van der Waals surface area contributed by atoms with Gasteiger partial charge in [0.25, 0.3) is 5.91 Å². The average Bonchev–Trinajstić information content (AvgIpc) is 3.06. The molecule has 0 fully saturated rings. The number of benzene rings is 2. The second kappa shape index (κ2) is 4.88. The van der Waals surface area contributed by atoms with Gasteiger partial charge in [0, 0.05) is 39.0 Å². The first-order valence-corrected chi connectivity index (χ1v) is 7.50. The number of hydrogen-bond acceptors (Lipinski definition) is 1. The molecular formula is C19H16N2O. The summed E-state index contributed by atoms with van der Waals surface area (Å²) in [5, 5.41) is 4.08. The quantitative estimate of drug-likeness (QED) is 0.681. The first-order valence-electron chi connectivity index (χ1n) is 7.50. The number of aromatic nitrogens is 1. The number of aryl methyl sites for hydroxylation is 1. The first-order chi connectivity index (χ1) is 10.8. The van der Waals surface area contributed by atoms with Crippen molar-refractivity contribution >= 4 is 34.1 Å². The molecular weight excluding hydrogens is 272 g/mol. The summed E-state index contributed by atoms with van der Waals surface area (Å²) in [5.41, 5.74) is 5.97. The van der Waals surface area contributed by atoms with E-state index in [-0.39, 0.29) is 5.91 Å². The van der Waals surface area contributed by atoms with E-state index in [4.69, 9.17) is 0 Å². The first kappa shape index (κ1) is 12.9. The summed E-state index contributed by atoms with van der Waals surface area (Å²) < 4.78 is 0. The standard InChI is InChI=1S/C19H16N2O/c1-2-16-14(12-7-3-5-9-17(12)20-16)11-15-13-8-4-6-10-18(13)21-19(15)22/h3-11,20H,2H2,1H3,(H,21,22)/b15-11+. The Hall–Kier alpha value is -2.81. The van der Waals surface area contributed by atoms with E-state index in [1.807, 2.05) is 42.5 Å². The number of H-pyrrole nitrogens is 1. The third-order valence-electron chi connectivity index (χ3n) is 4.18. The summed E-state index contributed by atoms with van der Waals surface area (Å²) in [6.07, 6.45) is 2.91. The molecule has 3 heteroatoms. The van der Waals surface area contributed by atoms with Gasteiger partial charge < -0.3 is 10.3 Å². The van der Waals surface area contributed by atoms with Gasteiger partial charge in [-0.25, -0.2) is 0 Å². The Balaban J connectivity index is 1.95. The molecule has 108 valence electrons. The molecule has 0 atom stereocenters. The van der Waals surface area contributed by atoms with E-state index in [0.29, 0.717) is 0 Å². The van der Waals surface area contributed by atoms with E-state index in [0.717, 1.165) is 45.4 Å². The molecule has 3 aromatic rings. The van der Waals surface area contributed by atoms with Gasteiger partial charge in [0.1, 0.15) is 0 Å². The van der Waals surface area contributed by atoms with Crippen molar-refractivity contribution in [3.63, 3.8) is 0 Å². The van der Waals surface area contributed by atoms with Gasteiger partial charge in [-0.2, -0.15) is 0 Å². The molecule has 2 N–H and O–H groups in total. The monoisotopic (exact) mass is 288 g/mol. The number of rotatable bonds is 2. The fourth-order valence-corrected chi connectivity index (χ4v) is 3.09. The lowest BCUT2D eigenvalue weighted by atomic mass is 10.0. The molecule has 0 saturated carbocycles. The maximum Gasteiger partial charge on any atom is 0.256 e. The Bertz CT molecular complexity index is 918. The van der Waals surface area contributed by atoms with Crippen molar-refractivity contribution in [2.45, 2.75) is 13.3 Å². The zero-order chi connectivity index (χ0) is 15.1. The highest BCUT2D eigenvalue weighted by Crippen LogP contribution is 2.35. The van der Waals surface area contributed by atoms with Crippen LogP contribution in [0.3, 0.4) is 0 Å². The molecule has 1 aliphatic rings. The van der Waals surface area contributed by atoms with E-state index in [9.17, 15) is 4.79 Å². The Morgan fingerprint density at radius 3 is 2.68 bits per heavy atom. The smallest absolute Gasteiger partial charge is 0.256 e. The minimum absolute atomic E-state index is 0.0338. The van der Waals surface area contributed by atoms with Crippen LogP contribution in [0.4, 0.5) is 5.69 Å². The third kappa shape index (κ3) is 1.86. The van der Waals surface area contributed by atoms with Crippen LogP contribution < -0.4 is 5.32 Å². The molecule has 0 radical (unpaired) electrons. The molecule has 22 heavy (non-hydrogen) atoms. The minimum Gasteiger partial charge on any atom is -0.358 e. The van der Waals surface area contributed by atoms with Crippen molar-refractivity contribution in [3.05, 3.63) is 65.4 Å². The van der Waals surface area contributed by atoms with Gasteiger partial charge >= 0.3 is 0 Å². The average molecular weight is 288 g/mol. The molecule has 3 nitrogen and oxygen atoms in total. The largest absolute Gasteiger partial charge is 0.358 e. The molecule has 1 amide bonds. The number of amides is 1. The number of aromatic amines is 1. The van der Waals surface area contributed by atoms with Crippen LogP contribution in [-0.2, 0) is 11.2 Å². The molecule has 0 bridgehead atoms. The van der Waals surface area contributed by atoms with Gasteiger partial charge in [0.15, 0.2) is 0 Å². The lowest BCUT2D eigenvalue weighted by Crippen LogP contribution is -2.03. The van der Waals surface area contributed by atoms with Gasteiger partial charge in [-0.15, -0.1) is 0 Å². The zero-order valence-electron chi connectivity index (χ0n) is 12.3. The lowest BCUT2D eigenvalue weighted by Gasteiger charge is -2.00. The summed E-state index contributed by atoms with van der Waals surface area (Å²) in [6, 6.07) is 16.0. The number of carbonyl (C=O) groups excluding carboxylic acids is 1. The maximum atomic E-state index is 12.3. The second-order valence-electron chi connectivity index (χ2n) is 5.47. The Labute approximate surface area is 128 Å². The van der Waals surface area contributed by atoms with Crippen molar-refractivity contribution < 1.29 is 4.79 Å². The molecule has 4 rings (SSSR count). The van der Waals surface area contributed by atoms with Crippen molar-refractivity contribution in [2.75, 3.05) is 5.32 Å². The maximum absolute atomic E-state index is 12.3. The normalized spacial score (nSPS) is 15.3. The van der Waals surface area contributed by atoms with Crippen molar-refractivity contribution in [2.24, 2.45) is 0 Å². The number of hydrogen-bond donors (Lipinski definition) is 2. The van der Waals surface area contributed by atoms with Gasteiger partial charge in [-0.05, 0) is 24.6 Å². The lowest BCUT2D eigenvalue weighted by molar-refractivity contribution is -0.110. The Morgan fingerprint density at radius 2 is 1.82 bits per heavy atom. The van der Waals surface area contributed by atoms with E-state index < -0.39 is 0 Å². The highest BCUT2D eigenvalue weighted by atomic mass is 16.2. The molecule has 2 aromatic carbocycles. The van der Waals surface area contributed by atoms with E-state index >= 15 is 0 Å². The van der Waals surface area contributed by atoms with Crippen LogP contribution in [0.5, 0.6) is 0 Å². The van der Waals surface area contributed by atoms with Crippen LogP contribution >= 0.6 is 0 Å². The van der Waals surface area contributed by atoms with E-state index in [1.54, 1.807) is 0 Å². The molecule has 1 aromatic heterocycles. The number of carbonyl (C=O) groups is 1. The minimum atomic E-state index is -0.0338. The van der Waals surface area contributed by atoms with Crippen LogP contribution in [-0.4, -0.2) is 10.9 Å². The number of anilines is 1.